The highest BCUT2D eigenvalue weighted by Crippen LogP contribution is 2.31. The molecule has 0 aromatic rings. The van der Waals surface area contributed by atoms with Crippen molar-refractivity contribution in [1.82, 2.24) is 4.90 Å². The molecule has 3 unspecified atom stereocenters. The predicted molar refractivity (Wildman–Crippen MR) is 138 cm³/mol. The van der Waals surface area contributed by atoms with E-state index in [4.69, 9.17) is 18.7 Å². The SMILES string of the molecule is CCN(C(=O)C=CC(=O)O)C(=O)OC1CC(CC[SiH2]C(O[Si](C)(C)C)O[Si](C)(C)C)CCC1O. The molecule has 1 aliphatic rings. The lowest BCUT2D eigenvalue weighted by molar-refractivity contribution is -0.132. The molecule has 1 fully saturated rings. The van der Waals surface area contributed by atoms with Crippen molar-refractivity contribution in [3.05, 3.63) is 12.2 Å². The number of ether oxygens (including phenoxy) is 1. The van der Waals surface area contributed by atoms with E-state index in [1.807, 2.05) is 0 Å². The molecule has 0 bridgehead atoms. The van der Waals surface area contributed by atoms with E-state index in [1.54, 1.807) is 6.92 Å². The Hall–Kier alpha value is -1.32. The molecule has 2 amide bonds. The van der Waals surface area contributed by atoms with E-state index in [9.17, 15) is 19.5 Å². The van der Waals surface area contributed by atoms with Crippen molar-refractivity contribution in [2.45, 2.75) is 96.1 Å². The number of carbonyl (C=O) groups excluding carboxylic acids is 2. The minimum Gasteiger partial charge on any atom is -0.478 e. The summed E-state index contributed by atoms with van der Waals surface area (Å²) in [6.07, 6.45) is 2.05. The van der Waals surface area contributed by atoms with Gasteiger partial charge in [-0.05, 0) is 71.4 Å². The first-order chi connectivity index (χ1) is 15.6. The first-order valence-electron chi connectivity index (χ1n) is 12.1. The number of carboxylic acids is 1. The Morgan fingerprint density at radius 3 is 2.15 bits per heavy atom. The van der Waals surface area contributed by atoms with Crippen LogP contribution < -0.4 is 0 Å². The maximum absolute atomic E-state index is 12.5. The molecule has 3 atom stereocenters. The average Bonchev–Trinajstić information content (AvgIpc) is 2.66. The summed E-state index contributed by atoms with van der Waals surface area (Å²) in [5, 5.41) is 19.1. The summed E-state index contributed by atoms with van der Waals surface area (Å²) in [6, 6.07) is 1.04. The van der Waals surface area contributed by atoms with Crippen LogP contribution in [-0.4, -0.2) is 83.9 Å². The minimum atomic E-state index is -1.71. The number of likely N-dealkylation sites (N-methyl/N-ethyl adjacent to an activating group) is 1. The minimum absolute atomic E-state index is 0.0367. The number of hydrogen-bond donors (Lipinski definition) is 2. The maximum atomic E-state index is 12.5. The normalized spacial score (nSPS) is 22.0. The Bertz CT molecular complexity index is 704. The van der Waals surface area contributed by atoms with E-state index in [-0.39, 0.29) is 12.5 Å². The van der Waals surface area contributed by atoms with Crippen LogP contribution in [0.2, 0.25) is 45.3 Å². The highest BCUT2D eigenvalue weighted by molar-refractivity contribution is 6.71. The summed E-state index contributed by atoms with van der Waals surface area (Å²) in [5.74, 6) is -1.80. The molecule has 34 heavy (non-hydrogen) atoms. The third-order valence-electron chi connectivity index (χ3n) is 5.31. The smallest absolute Gasteiger partial charge is 0.417 e. The van der Waals surface area contributed by atoms with E-state index in [1.165, 1.54) is 0 Å². The molecule has 1 saturated carbocycles. The standard InChI is InChI=1S/C22H43NO8Si3/c1-8-23(19(25)11-12-20(26)27)21(28)29-18-15-16(9-10-17(18)24)13-14-32-22(30-33(2,3)4)31-34(5,6)7/h11-12,16-18,22,24H,8-10,13-15,32H2,1-7H3,(H,26,27). The number of imide groups is 1. The van der Waals surface area contributed by atoms with Crippen molar-refractivity contribution < 1.29 is 38.2 Å². The number of rotatable bonds is 12. The van der Waals surface area contributed by atoms with Crippen LogP contribution in [0, 0.1) is 5.92 Å². The van der Waals surface area contributed by atoms with Gasteiger partial charge >= 0.3 is 12.1 Å². The second-order valence-corrected chi connectivity index (χ2v) is 21.6. The number of hydrogen-bond acceptors (Lipinski definition) is 7. The van der Waals surface area contributed by atoms with Crippen LogP contribution in [0.1, 0.15) is 32.6 Å². The van der Waals surface area contributed by atoms with Gasteiger partial charge in [-0.15, -0.1) is 0 Å². The van der Waals surface area contributed by atoms with Gasteiger partial charge in [0.2, 0.25) is 0 Å². The van der Waals surface area contributed by atoms with Gasteiger partial charge in [-0.25, -0.2) is 14.5 Å². The van der Waals surface area contributed by atoms with E-state index in [0.717, 1.165) is 29.9 Å². The largest absolute Gasteiger partial charge is 0.478 e. The summed E-state index contributed by atoms with van der Waals surface area (Å²) >= 11 is 0. The van der Waals surface area contributed by atoms with Crippen molar-refractivity contribution in [2.24, 2.45) is 5.92 Å². The fourth-order valence-corrected chi connectivity index (χ4v) is 10.7. The summed E-state index contributed by atoms with van der Waals surface area (Å²) in [5.41, 5.74) is 0. The van der Waals surface area contributed by atoms with Gasteiger partial charge < -0.3 is 23.8 Å². The van der Waals surface area contributed by atoms with Gasteiger partial charge in [0.05, 0.1) is 15.6 Å². The lowest BCUT2D eigenvalue weighted by Gasteiger charge is -2.34. The molecule has 0 aromatic heterocycles. The number of carboxylic acid groups (broad SMARTS) is 1. The fraction of sp³-hybridized carbons (Fsp3) is 0.773. The van der Waals surface area contributed by atoms with Crippen LogP contribution in [0.15, 0.2) is 12.2 Å². The van der Waals surface area contributed by atoms with E-state index >= 15 is 0 Å². The zero-order chi connectivity index (χ0) is 26.1. The molecule has 0 radical (unpaired) electrons. The van der Waals surface area contributed by atoms with Crippen LogP contribution >= 0.6 is 0 Å². The topological polar surface area (TPSA) is 123 Å². The summed E-state index contributed by atoms with van der Waals surface area (Å²) in [6.45, 7) is 14.7. The van der Waals surface area contributed by atoms with Gasteiger partial charge in [-0.2, -0.15) is 0 Å². The fourth-order valence-electron chi connectivity index (χ4n) is 3.89. The van der Waals surface area contributed by atoms with E-state index in [0.29, 0.717) is 24.8 Å². The quantitative estimate of drug-likeness (QED) is 0.223. The number of carbonyl (C=O) groups is 3. The van der Waals surface area contributed by atoms with Crippen molar-refractivity contribution in [3.63, 3.8) is 0 Å². The predicted octanol–water partition coefficient (Wildman–Crippen LogP) is 3.11. The van der Waals surface area contributed by atoms with E-state index < -0.39 is 56.3 Å². The Morgan fingerprint density at radius 2 is 1.65 bits per heavy atom. The molecule has 0 spiro atoms. The van der Waals surface area contributed by atoms with Gasteiger partial charge in [-0.1, -0.05) is 12.5 Å². The monoisotopic (exact) mass is 533 g/mol. The Kier molecular flexibility index (Phi) is 12.4. The van der Waals surface area contributed by atoms with Gasteiger partial charge in [0, 0.05) is 18.7 Å². The molecule has 1 aliphatic carbocycles. The molecule has 12 heteroatoms. The van der Waals surface area contributed by atoms with Gasteiger partial charge in [0.15, 0.2) is 16.6 Å². The van der Waals surface area contributed by atoms with Crippen LogP contribution in [0.5, 0.6) is 0 Å². The van der Waals surface area contributed by atoms with Gasteiger partial charge in [-0.3, -0.25) is 4.79 Å². The number of aliphatic hydroxyl groups is 1. The summed E-state index contributed by atoms with van der Waals surface area (Å²) in [4.78, 5) is 36.1. The van der Waals surface area contributed by atoms with Crippen molar-refractivity contribution in [2.75, 3.05) is 6.54 Å². The lowest BCUT2D eigenvalue weighted by Crippen LogP contribution is -2.44. The zero-order valence-electron chi connectivity index (χ0n) is 21.7. The van der Waals surface area contributed by atoms with Crippen LogP contribution in [-0.2, 0) is 23.2 Å². The Morgan fingerprint density at radius 1 is 1.06 bits per heavy atom. The third-order valence-corrected chi connectivity index (χ3v) is 9.54. The Balaban J connectivity index is 2.66. The van der Waals surface area contributed by atoms with Gasteiger partial charge in [0.25, 0.3) is 5.91 Å². The molecular weight excluding hydrogens is 490 g/mol. The first-order valence-corrected chi connectivity index (χ1v) is 20.7. The second kappa shape index (κ2) is 13.7. The van der Waals surface area contributed by atoms with Crippen LogP contribution in [0.4, 0.5) is 4.79 Å². The zero-order valence-corrected chi connectivity index (χ0v) is 25.1. The molecule has 196 valence electrons. The molecule has 9 nitrogen and oxygen atoms in total. The van der Waals surface area contributed by atoms with Crippen molar-refractivity contribution in [3.8, 4) is 0 Å². The molecule has 0 saturated heterocycles. The first kappa shape index (κ1) is 30.7. The third kappa shape index (κ3) is 12.4. The molecule has 0 aromatic carbocycles. The lowest BCUT2D eigenvalue weighted by atomic mass is 9.84. The molecule has 1 rings (SSSR count). The average molecular weight is 534 g/mol. The highest BCUT2D eigenvalue weighted by Gasteiger charge is 2.34. The highest BCUT2D eigenvalue weighted by atomic mass is 28.4. The number of aliphatic hydroxyl groups excluding tert-OH is 1. The number of amides is 2. The number of aliphatic carboxylic acids is 1. The molecule has 2 N–H and O–H groups in total. The maximum Gasteiger partial charge on any atom is 0.417 e. The van der Waals surface area contributed by atoms with Crippen LogP contribution in [0.25, 0.3) is 0 Å². The van der Waals surface area contributed by atoms with Crippen molar-refractivity contribution >= 4 is 44.1 Å². The van der Waals surface area contributed by atoms with Gasteiger partial charge in [0.1, 0.15) is 12.0 Å². The Labute approximate surface area is 207 Å². The number of nitrogens with zero attached hydrogens (tertiary/aromatic N) is 1. The molecule has 0 heterocycles. The van der Waals surface area contributed by atoms with Crippen molar-refractivity contribution in [1.29, 1.82) is 0 Å². The molecule has 0 aliphatic heterocycles. The molecular formula is C22H43NO8Si3. The summed E-state index contributed by atoms with van der Waals surface area (Å²) in [7, 11) is -4.05. The second-order valence-electron chi connectivity index (χ2n) is 10.7. The van der Waals surface area contributed by atoms with E-state index in [2.05, 4.69) is 39.3 Å². The summed E-state index contributed by atoms with van der Waals surface area (Å²) < 4.78 is 18.1. The van der Waals surface area contributed by atoms with Crippen LogP contribution in [0.3, 0.4) is 0 Å².